The van der Waals surface area contributed by atoms with Gasteiger partial charge in [-0.3, -0.25) is 5.21 Å². The van der Waals surface area contributed by atoms with E-state index < -0.39 is 12.1 Å². The average Bonchev–Trinajstić information content (AvgIpc) is 2.70. The SMILES string of the molecule is CC(c1cc2cccnc2s1)N(O)C(N)=O. The Morgan fingerprint density at radius 3 is 3.06 bits per heavy atom. The van der Waals surface area contributed by atoms with Crippen LogP contribution in [0, 0.1) is 0 Å². The van der Waals surface area contributed by atoms with Crippen LogP contribution in [0.4, 0.5) is 4.79 Å². The second kappa shape index (κ2) is 4.07. The van der Waals surface area contributed by atoms with E-state index in [1.807, 2.05) is 18.2 Å². The molecule has 0 aliphatic rings. The van der Waals surface area contributed by atoms with E-state index in [1.54, 1.807) is 13.1 Å². The average molecular weight is 237 g/mol. The third kappa shape index (κ3) is 1.84. The summed E-state index contributed by atoms with van der Waals surface area (Å²) in [6, 6.07) is 4.34. The number of aromatic nitrogens is 1. The molecular weight excluding hydrogens is 226 g/mol. The molecule has 0 saturated carbocycles. The lowest BCUT2D eigenvalue weighted by Crippen LogP contribution is -2.34. The normalized spacial score (nSPS) is 12.6. The summed E-state index contributed by atoms with van der Waals surface area (Å²) in [6.45, 7) is 1.70. The Hall–Kier alpha value is -1.66. The lowest BCUT2D eigenvalue weighted by Gasteiger charge is -2.18. The van der Waals surface area contributed by atoms with Gasteiger partial charge in [-0.15, -0.1) is 11.3 Å². The zero-order chi connectivity index (χ0) is 11.7. The maximum atomic E-state index is 10.8. The van der Waals surface area contributed by atoms with Gasteiger partial charge in [0.15, 0.2) is 0 Å². The van der Waals surface area contributed by atoms with E-state index in [1.165, 1.54) is 11.3 Å². The van der Waals surface area contributed by atoms with Crippen molar-refractivity contribution in [2.24, 2.45) is 5.73 Å². The van der Waals surface area contributed by atoms with Crippen molar-refractivity contribution in [2.45, 2.75) is 13.0 Å². The number of urea groups is 1. The number of hydroxylamine groups is 2. The molecule has 2 heterocycles. The fourth-order valence-corrected chi connectivity index (χ4v) is 2.45. The van der Waals surface area contributed by atoms with E-state index in [4.69, 9.17) is 5.73 Å². The summed E-state index contributed by atoms with van der Waals surface area (Å²) in [5.74, 6) is 0. The van der Waals surface area contributed by atoms with Crippen molar-refractivity contribution in [3.63, 3.8) is 0 Å². The van der Waals surface area contributed by atoms with Gasteiger partial charge in [-0.25, -0.2) is 9.78 Å². The Labute approximate surface area is 96.1 Å². The first-order chi connectivity index (χ1) is 7.59. The van der Waals surface area contributed by atoms with E-state index in [9.17, 15) is 10.0 Å². The molecule has 0 aliphatic heterocycles. The number of nitrogens with zero attached hydrogens (tertiary/aromatic N) is 2. The largest absolute Gasteiger partial charge is 0.350 e. The molecule has 0 fully saturated rings. The van der Waals surface area contributed by atoms with Crippen molar-refractivity contribution in [2.75, 3.05) is 0 Å². The van der Waals surface area contributed by atoms with Crippen LogP contribution in [0.15, 0.2) is 24.4 Å². The summed E-state index contributed by atoms with van der Waals surface area (Å²) in [4.78, 5) is 16.7. The van der Waals surface area contributed by atoms with Crippen molar-refractivity contribution < 1.29 is 10.0 Å². The maximum Gasteiger partial charge on any atom is 0.339 e. The van der Waals surface area contributed by atoms with Crippen molar-refractivity contribution in [3.8, 4) is 0 Å². The molecular formula is C10H11N3O2S. The number of primary amides is 1. The van der Waals surface area contributed by atoms with Gasteiger partial charge in [0, 0.05) is 16.5 Å². The molecule has 0 aromatic carbocycles. The number of carbonyl (C=O) groups is 1. The van der Waals surface area contributed by atoms with Gasteiger partial charge in [0.05, 0.1) is 6.04 Å². The Bertz CT molecular complexity index is 493. The summed E-state index contributed by atoms with van der Waals surface area (Å²) in [6.07, 6.45) is 1.71. The van der Waals surface area contributed by atoms with Crippen LogP contribution in [-0.4, -0.2) is 21.3 Å². The van der Waals surface area contributed by atoms with E-state index >= 15 is 0 Å². The van der Waals surface area contributed by atoms with E-state index in [-0.39, 0.29) is 0 Å². The quantitative estimate of drug-likeness (QED) is 0.620. The molecule has 0 radical (unpaired) electrons. The molecule has 1 atom stereocenters. The number of pyridine rings is 1. The van der Waals surface area contributed by atoms with Gasteiger partial charge >= 0.3 is 6.03 Å². The highest BCUT2D eigenvalue weighted by Gasteiger charge is 2.19. The standard InChI is InChI=1S/C10H11N3O2S/c1-6(13(15)10(11)14)8-5-7-3-2-4-12-9(7)16-8/h2-6,15H,1H3,(H2,11,14). The first-order valence-electron chi connectivity index (χ1n) is 4.71. The van der Waals surface area contributed by atoms with E-state index in [0.29, 0.717) is 5.06 Å². The molecule has 0 saturated heterocycles. The lowest BCUT2D eigenvalue weighted by atomic mass is 10.2. The second-order valence-electron chi connectivity index (χ2n) is 3.41. The predicted molar refractivity (Wildman–Crippen MR) is 61.2 cm³/mol. The van der Waals surface area contributed by atoms with Gasteiger partial charge in [0.1, 0.15) is 4.83 Å². The smallest absolute Gasteiger partial charge is 0.339 e. The fourth-order valence-electron chi connectivity index (χ4n) is 1.41. The minimum absolute atomic E-state index is 0.461. The number of hydrogen-bond donors (Lipinski definition) is 2. The molecule has 0 bridgehead atoms. The monoisotopic (exact) mass is 237 g/mol. The van der Waals surface area contributed by atoms with Gasteiger partial charge in [-0.1, -0.05) is 6.07 Å². The number of amides is 2. The van der Waals surface area contributed by atoms with Gasteiger partial charge in [0.25, 0.3) is 0 Å². The second-order valence-corrected chi connectivity index (χ2v) is 4.47. The number of hydrogen-bond acceptors (Lipinski definition) is 4. The number of fused-ring (bicyclic) bond motifs is 1. The van der Waals surface area contributed by atoms with E-state index in [2.05, 4.69) is 4.98 Å². The van der Waals surface area contributed by atoms with Crippen molar-refractivity contribution >= 4 is 27.6 Å². The molecule has 84 valence electrons. The summed E-state index contributed by atoms with van der Waals surface area (Å²) in [5, 5.41) is 10.9. The molecule has 3 N–H and O–H groups in total. The zero-order valence-electron chi connectivity index (χ0n) is 8.62. The Balaban J connectivity index is 2.36. The van der Waals surface area contributed by atoms with Crippen LogP contribution >= 0.6 is 11.3 Å². The Kier molecular flexibility index (Phi) is 2.76. The highest BCUT2D eigenvalue weighted by Crippen LogP contribution is 2.30. The highest BCUT2D eigenvalue weighted by molar-refractivity contribution is 7.18. The summed E-state index contributed by atoms with van der Waals surface area (Å²) in [5.41, 5.74) is 4.99. The molecule has 0 aliphatic carbocycles. The molecule has 1 unspecified atom stereocenters. The number of nitrogens with two attached hydrogens (primary N) is 1. The molecule has 2 amide bonds. The molecule has 6 heteroatoms. The minimum atomic E-state index is -0.863. The van der Waals surface area contributed by atoms with E-state index in [0.717, 1.165) is 15.1 Å². The molecule has 0 spiro atoms. The molecule has 16 heavy (non-hydrogen) atoms. The number of carbonyl (C=O) groups excluding carboxylic acids is 1. The van der Waals surface area contributed by atoms with Gasteiger partial charge in [0.2, 0.25) is 0 Å². The molecule has 2 aromatic rings. The molecule has 5 nitrogen and oxygen atoms in total. The van der Waals surface area contributed by atoms with Crippen LogP contribution in [-0.2, 0) is 0 Å². The third-order valence-corrected chi connectivity index (χ3v) is 3.55. The predicted octanol–water partition coefficient (Wildman–Crippen LogP) is 2.13. The third-order valence-electron chi connectivity index (χ3n) is 2.32. The van der Waals surface area contributed by atoms with Gasteiger partial charge in [-0.05, 0) is 19.1 Å². The number of thiophene rings is 1. The summed E-state index contributed by atoms with van der Waals surface area (Å²) < 4.78 is 0. The van der Waals surface area contributed by atoms with Crippen LogP contribution in [0.2, 0.25) is 0 Å². The Morgan fingerprint density at radius 1 is 1.69 bits per heavy atom. The van der Waals surface area contributed by atoms with Crippen LogP contribution in [0.25, 0.3) is 10.2 Å². The first kappa shape index (κ1) is 10.8. The topological polar surface area (TPSA) is 79.4 Å². The van der Waals surface area contributed by atoms with Crippen LogP contribution in [0.1, 0.15) is 17.8 Å². The summed E-state index contributed by atoms with van der Waals surface area (Å²) >= 11 is 1.43. The minimum Gasteiger partial charge on any atom is -0.350 e. The van der Waals surface area contributed by atoms with Crippen molar-refractivity contribution in [3.05, 3.63) is 29.3 Å². The van der Waals surface area contributed by atoms with Crippen molar-refractivity contribution in [1.29, 1.82) is 0 Å². The fraction of sp³-hybridized carbons (Fsp3) is 0.200. The summed E-state index contributed by atoms with van der Waals surface area (Å²) in [7, 11) is 0. The maximum absolute atomic E-state index is 10.8. The van der Waals surface area contributed by atoms with Crippen LogP contribution in [0.5, 0.6) is 0 Å². The lowest BCUT2D eigenvalue weighted by molar-refractivity contribution is -0.0700. The molecule has 2 aromatic heterocycles. The van der Waals surface area contributed by atoms with Crippen molar-refractivity contribution in [1.82, 2.24) is 10.0 Å². The van der Waals surface area contributed by atoms with Crippen LogP contribution < -0.4 is 5.73 Å². The first-order valence-corrected chi connectivity index (χ1v) is 5.53. The van der Waals surface area contributed by atoms with Crippen LogP contribution in [0.3, 0.4) is 0 Å². The van der Waals surface area contributed by atoms with Gasteiger partial charge < -0.3 is 5.73 Å². The number of rotatable bonds is 2. The Morgan fingerprint density at radius 2 is 2.44 bits per heavy atom. The van der Waals surface area contributed by atoms with Gasteiger partial charge in [-0.2, -0.15) is 5.06 Å². The zero-order valence-corrected chi connectivity index (χ0v) is 9.44. The highest BCUT2D eigenvalue weighted by atomic mass is 32.1. The molecule has 2 rings (SSSR count).